The van der Waals surface area contributed by atoms with Gasteiger partial charge in [-0.15, -0.1) is 0 Å². The van der Waals surface area contributed by atoms with E-state index in [1.807, 2.05) is 0 Å². The second-order valence-electron chi connectivity index (χ2n) is 4.03. The summed E-state index contributed by atoms with van der Waals surface area (Å²) >= 11 is 5.74. The summed E-state index contributed by atoms with van der Waals surface area (Å²) in [7, 11) is 0. The molecule has 0 radical (unpaired) electrons. The minimum Gasteiger partial charge on any atom is -0.478 e. The summed E-state index contributed by atoms with van der Waals surface area (Å²) in [5.74, 6) is -1.53. The fourth-order valence-corrected chi connectivity index (χ4v) is 1.66. The molecule has 0 spiro atoms. The Kier molecular flexibility index (Phi) is 4.34. The molecule has 1 aromatic carbocycles. The van der Waals surface area contributed by atoms with Crippen LogP contribution < -0.4 is 4.74 Å². The molecule has 0 aliphatic heterocycles. The largest absolute Gasteiger partial charge is 0.478 e. The van der Waals surface area contributed by atoms with E-state index < -0.39 is 16.6 Å². The Morgan fingerprint density at radius 2 is 2.05 bits per heavy atom. The molecular weight excluding hydrogens is 300 g/mol. The Morgan fingerprint density at radius 1 is 1.38 bits per heavy atom. The monoisotopic (exact) mass is 308 g/mol. The Bertz CT molecular complexity index is 687. The van der Waals surface area contributed by atoms with Gasteiger partial charge in [0.25, 0.3) is 5.88 Å². The van der Waals surface area contributed by atoms with Gasteiger partial charge in [0.15, 0.2) is 0 Å². The molecule has 0 amide bonds. The third kappa shape index (κ3) is 3.67. The molecule has 0 bridgehead atoms. The first-order valence-corrected chi connectivity index (χ1v) is 6.10. The molecule has 1 N–H and O–H groups in total. The third-order valence-corrected chi connectivity index (χ3v) is 2.82. The van der Waals surface area contributed by atoms with Crippen LogP contribution in [-0.4, -0.2) is 21.0 Å². The van der Waals surface area contributed by atoms with Crippen molar-refractivity contribution in [2.24, 2.45) is 0 Å². The topological polar surface area (TPSA) is 103 Å². The highest BCUT2D eigenvalue weighted by Gasteiger charge is 2.20. The fourth-order valence-electron chi connectivity index (χ4n) is 1.53. The number of rotatable bonds is 5. The van der Waals surface area contributed by atoms with Gasteiger partial charge in [0.05, 0.1) is 10.5 Å². The molecule has 108 valence electrons. The van der Waals surface area contributed by atoms with Crippen molar-refractivity contribution >= 4 is 23.3 Å². The number of benzene rings is 1. The standard InChI is InChI=1S/C13H9ClN2O5/c14-10-3-1-8(2-4-10)7-21-12-11(16(19)20)5-9(6-15-12)13(17)18/h1-6H,7H2,(H,17,18). The van der Waals surface area contributed by atoms with Gasteiger partial charge in [-0.2, -0.15) is 0 Å². The van der Waals surface area contributed by atoms with Crippen LogP contribution in [0.5, 0.6) is 5.88 Å². The summed E-state index contributed by atoms with van der Waals surface area (Å²) in [4.78, 5) is 24.7. The first kappa shape index (κ1) is 14.7. The molecule has 7 nitrogen and oxygen atoms in total. The first-order chi connectivity index (χ1) is 9.97. The number of halogens is 1. The average Bonchev–Trinajstić information content (AvgIpc) is 2.46. The van der Waals surface area contributed by atoms with Crippen LogP contribution in [0.1, 0.15) is 15.9 Å². The molecule has 0 unspecified atom stereocenters. The molecule has 0 fully saturated rings. The summed E-state index contributed by atoms with van der Waals surface area (Å²) in [6.07, 6.45) is 1.01. The zero-order valence-corrected chi connectivity index (χ0v) is 11.3. The Balaban J connectivity index is 2.21. The molecule has 0 saturated heterocycles. The average molecular weight is 309 g/mol. The van der Waals surface area contributed by atoms with E-state index in [9.17, 15) is 14.9 Å². The number of hydrogen-bond donors (Lipinski definition) is 1. The van der Waals surface area contributed by atoms with Crippen molar-refractivity contribution in [2.75, 3.05) is 0 Å². The van der Waals surface area contributed by atoms with E-state index in [0.717, 1.165) is 17.8 Å². The van der Waals surface area contributed by atoms with Crippen molar-refractivity contribution in [3.05, 3.63) is 62.8 Å². The first-order valence-electron chi connectivity index (χ1n) is 5.72. The fraction of sp³-hybridized carbons (Fsp3) is 0.0769. The second kappa shape index (κ2) is 6.19. The molecule has 1 aromatic heterocycles. The van der Waals surface area contributed by atoms with Gasteiger partial charge in [-0.05, 0) is 17.7 Å². The Labute approximate surface area is 123 Å². The predicted octanol–water partition coefficient (Wildman–Crippen LogP) is 2.92. The number of hydrogen-bond acceptors (Lipinski definition) is 5. The number of ether oxygens (including phenoxy) is 1. The molecule has 21 heavy (non-hydrogen) atoms. The zero-order chi connectivity index (χ0) is 15.4. The summed E-state index contributed by atoms with van der Waals surface area (Å²) in [6.45, 7) is 0.0530. The van der Waals surface area contributed by atoms with Gasteiger partial charge in [0.2, 0.25) is 0 Å². The number of aromatic carboxylic acids is 1. The maximum Gasteiger partial charge on any atom is 0.337 e. The molecular formula is C13H9ClN2O5. The van der Waals surface area contributed by atoms with Gasteiger partial charge >= 0.3 is 11.7 Å². The van der Waals surface area contributed by atoms with Crippen molar-refractivity contribution in [1.29, 1.82) is 0 Å². The van der Waals surface area contributed by atoms with Crippen molar-refractivity contribution in [1.82, 2.24) is 4.98 Å². The molecule has 0 aliphatic carbocycles. The summed E-state index contributed by atoms with van der Waals surface area (Å²) in [5.41, 5.74) is -0.0257. The number of aromatic nitrogens is 1. The van der Waals surface area contributed by atoms with Crippen LogP contribution in [0.3, 0.4) is 0 Å². The molecule has 0 atom stereocenters. The lowest BCUT2D eigenvalue weighted by molar-refractivity contribution is -0.386. The van der Waals surface area contributed by atoms with Gasteiger partial charge < -0.3 is 9.84 Å². The van der Waals surface area contributed by atoms with Gasteiger partial charge in [-0.1, -0.05) is 23.7 Å². The maximum absolute atomic E-state index is 10.9. The minimum absolute atomic E-state index is 0.0530. The van der Waals surface area contributed by atoms with E-state index in [0.29, 0.717) is 5.02 Å². The van der Waals surface area contributed by atoms with Crippen LogP contribution in [-0.2, 0) is 6.61 Å². The summed E-state index contributed by atoms with van der Waals surface area (Å²) in [6, 6.07) is 7.65. The predicted molar refractivity (Wildman–Crippen MR) is 73.6 cm³/mol. The summed E-state index contributed by atoms with van der Waals surface area (Å²) < 4.78 is 5.27. The van der Waals surface area contributed by atoms with E-state index in [1.165, 1.54) is 0 Å². The molecule has 0 aliphatic rings. The van der Waals surface area contributed by atoms with Crippen LogP contribution in [0.15, 0.2) is 36.5 Å². The van der Waals surface area contributed by atoms with E-state index >= 15 is 0 Å². The lowest BCUT2D eigenvalue weighted by Gasteiger charge is -2.06. The smallest absolute Gasteiger partial charge is 0.337 e. The van der Waals surface area contributed by atoms with Crippen LogP contribution in [0, 0.1) is 10.1 Å². The third-order valence-electron chi connectivity index (χ3n) is 2.56. The lowest BCUT2D eigenvalue weighted by atomic mass is 10.2. The van der Waals surface area contributed by atoms with Gasteiger partial charge in [-0.3, -0.25) is 10.1 Å². The number of carboxylic acids is 1. The summed E-state index contributed by atoms with van der Waals surface area (Å²) in [5, 5.41) is 20.3. The number of carboxylic acid groups (broad SMARTS) is 1. The van der Waals surface area contributed by atoms with Gasteiger partial charge in [0, 0.05) is 17.3 Å². The SMILES string of the molecule is O=C(O)c1cnc(OCc2ccc(Cl)cc2)c([N+](=O)[O-])c1. The number of nitro groups is 1. The molecule has 0 saturated carbocycles. The normalized spacial score (nSPS) is 10.1. The van der Waals surface area contributed by atoms with Crippen LogP contribution in [0.2, 0.25) is 5.02 Å². The lowest BCUT2D eigenvalue weighted by Crippen LogP contribution is -2.04. The number of carbonyl (C=O) groups is 1. The van der Waals surface area contributed by atoms with Crippen molar-refractivity contribution in [2.45, 2.75) is 6.61 Å². The number of nitrogens with zero attached hydrogens (tertiary/aromatic N) is 2. The van der Waals surface area contributed by atoms with Gasteiger partial charge in [-0.25, -0.2) is 9.78 Å². The highest BCUT2D eigenvalue weighted by Crippen LogP contribution is 2.26. The van der Waals surface area contributed by atoms with Gasteiger partial charge in [0.1, 0.15) is 6.61 Å². The Hall–Kier alpha value is -2.67. The maximum atomic E-state index is 10.9. The molecule has 2 aromatic rings. The van der Waals surface area contributed by atoms with Crippen molar-refractivity contribution < 1.29 is 19.6 Å². The van der Waals surface area contributed by atoms with Crippen molar-refractivity contribution in [3.63, 3.8) is 0 Å². The van der Waals surface area contributed by atoms with Crippen LogP contribution in [0.25, 0.3) is 0 Å². The quantitative estimate of drug-likeness (QED) is 0.673. The molecule has 2 rings (SSSR count). The van der Waals surface area contributed by atoms with Crippen LogP contribution in [0.4, 0.5) is 5.69 Å². The number of pyridine rings is 1. The molecule has 1 heterocycles. The highest BCUT2D eigenvalue weighted by molar-refractivity contribution is 6.30. The van der Waals surface area contributed by atoms with E-state index in [1.54, 1.807) is 24.3 Å². The van der Waals surface area contributed by atoms with Crippen molar-refractivity contribution in [3.8, 4) is 5.88 Å². The van der Waals surface area contributed by atoms with E-state index in [4.69, 9.17) is 21.4 Å². The van der Waals surface area contributed by atoms with E-state index in [2.05, 4.69) is 4.98 Å². The van der Waals surface area contributed by atoms with E-state index in [-0.39, 0.29) is 18.1 Å². The second-order valence-corrected chi connectivity index (χ2v) is 4.46. The highest BCUT2D eigenvalue weighted by atomic mass is 35.5. The molecule has 8 heteroatoms. The Morgan fingerprint density at radius 3 is 2.62 bits per heavy atom. The van der Waals surface area contributed by atoms with Crippen LogP contribution >= 0.6 is 11.6 Å². The zero-order valence-electron chi connectivity index (χ0n) is 10.5. The minimum atomic E-state index is -1.30.